The molecule has 1 aliphatic rings. The number of hydrogen-bond donors (Lipinski definition) is 1. The van der Waals surface area contributed by atoms with E-state index in [0.717, 1.165) is 16.5 Å². The molecule has 1 N–H and O–H groups in total. The average molecular weight is 350 g/mol. The van der Waals surface area contributed by atoms with Crippen LogP contribution in [0.2, 0.25) is 0 Å². The highest BCUT2D eigenvalue weighted by molar-refractivity contribution is 6.06. The van der Waals surface area contributed by atoms with Crippen LogP contribution < -0.4 is 0 Å². The Morgan fingerprint density at radius 3 is 2.50 bits per heavy atom. The van der Waals surface area contributed by atoms with Crippen molar-refractivity contribution in [2.45, 2.75) is 6.42 Å². The summed E-state index contributed by atoms with van der Waals surface area (Å²) in [6, 6.07) is 9.77. The van der Waals surface area contributed by atoms with Crippen molar-refractivity contribution in [1.29, 1.82) is 0 Å². The van der Waals surface area contributed by atoms with Gasteiger partial charge in [0, 0.05) is 62.7 Å². The van der Waals surface area contributed by atoms with Crippen molar-refractivity contribution < 1.29 is 9.59 Å². The van der Waals surface area contributed by atoms with Gasteiger partial charge in [0.25, 0.3) is 5.91 Å². The van der Waals surface area contributed by atoms with E-state index < -0.39 is 0 Å². The normalized spacial score (nSPS) is 14.8. The second kappa shape index (κ2) is 6.71. The highest BCUT2D eigenvalue weighted by Gasteiger charge is 2.26. The molecule has 0 radical (unpaired) electrons. The SMILES string of the molecule is Cn1ccc(CC(=O)N2CCN(C(=O)c3c[nH]c4ccccc34)CC2)c1. The number of carbonyl (C=O) groups excluding carboxylic acids is 2. The minimum absolute atomic E-state index is 0.0256. The molecule has 0 bridgehead atoms. The largest absolute Gasteiger partial charge is 0.360 e. The van der Waals surface area contributed by atoms with Gasteiger partial charge in [-0.2, -0.15) is 0 Å². The van der Waals surface area contributed by atoms with Gasteiger partial charge in [-0.25, -0.2) is 0 Å². The van der Waals surface area contributed by atoms with E-state index in [9.17, 15) is 9.59 Å². The van der Waals surface area contributed by atoms with Crippen LogP contribution in [0, 0.1) is 0 Å². The Morgan fingerprint density at radius 1 is 1.04 bits per heavy atom. The first-order valence-corrected chi connectivity index (χ1v) is 8.86. The average Bonchev–Trinajstić information content (AvgIpc) is 3.27. The summed E-state index contributed by atoms with van der Waals surface area (Å²) in [5, 5.41) is 0.945. The van der Waals surface area contributed by atoms with Crippen molar-refractivity contribution in [2.24, 2.45) is 7.05 Å². The quantitative estimate of drug-likeness (QED) is 0.786. The van der Waals surface area contributed by atoms with Crippen molar-refractivity contribution in [1.82, 2.24) is 19.4 Å². The van der Waals surface area contributed by atoms with E-state index in [1.807, 2.05) is 64.1 Å². The fourth-order valence-electron chi connectivity index (χ4n) is 3.53. The number of rotatable bonds is 3. The third-order valence-corrected chi connectivity index (χ3v) is 4.99. The van der Waals surface area contributed by atoms with Gasteiger partial charge in [0.15, 0.2) is 0 Å². The van der Waals surface area contributed by atoms with Gasteiger partial charge < -0.3 is 19.4 Å². The molecule has 0 saturated carbocycles. The molecule has 1 aliphatic heterocycles. The maximum Gasteiger partial charge on any atom is 0.256 e. The zero-order valence-corrected chi connectivity index (χ0v) is 14.8. The molecule has 6 nitrogen and oxygen atoms in total. The van der Waals surface area contributed by atoms with E-state index in [4.69, 9.17) is 0 Å². The Morgan fingerprint density at radius 2 is 1.77 bits per heavy atom. The fraction of sp³-hybridized carbons (Fsp3) is 0.300. The third kappa shape index (κ3) is 3.10. The molecular weight excluding hydrogens is 328 g/mol. The summed E-state index contributed by atoms with van der Waals surface area (Å²) < 4.78 is 1.94. The van der Waals surface area contributed by atoms with E-state index >= 15 is 0 Å². The van der Waals surface area contributed by atoms with Crippen molar-refractivity contribution in [2.75, 3.05) is 26.2 Å². The Labute approximate surface area is 152 Å². The van der Waals surface area contributed by atoms with Crippen molar-refractivity contribution in [3.63, 3.8) is 0 Å². The first kappa shape index (κ1) is 16.4. The van der Waals surface area contributed by atoms with E-state index in [1.165, 1.54) is 0 Å². The first-order chi connectivity index (χ1) is 12.6. The highest BCUT2D eigenvalue weighted by atomic mass is 16.2. The van der Waals surface area contributed by atoms with Crippen molar-refractivity contribution in [3.05, 3.63) is 60.0 Å². The van der Waals surface area contributed by atoms with Gasteiger partial charge in [-0.15, -0.1) is 0 Å². The first-order valence-electron chi connectivity index (χ1n) is 8.86. The Bertz CT molecular complexity index is 948. The maximum atomic E-state index is 12.8. The van der Waals surface area contributed by atoms with Crippen LogP contribution in [0.15, 0.2) is 48.9 Å². The number of hydrogen-bond acceptors (Lipinski definition) is 2. The molecule has 0 unspecified atom stereocenters. The number of fused-ring (bicyclic) bond motifs is 1. The Hall–Kier alpha value is -3.02. The lowest BCUT2D eigenvalue weighted by molar-refractivity contribution is -0.131. The number of H-pyrrole nitrogens is 1. The zero-order chi connectivity index (χ0) is 18.1. The van der Waals surface area contributed by atoms with Gasteiger partial charge in [0.05, 0.1) is 12.0 Å². The van der Waals surface area contributed by atoms with Crippen LogP contribution in [-0.4, -0.2) is 57.3 Å². The lowest BCUT2D eigenvalue weighted by atomic mass is 10.1. The van der Waals surface area contributed by atoms with Crippen LogP contribution in [0.25, 0.3) is 10.9 Å². The van der Waals surface area contributed by atoms with Crippen LogP contribution in [-0.2, 0) is 18.3 Å². The number of nitrogens with one attached hydrogen (secondary N) is 1. The molecular formula is C20H22N4O2. The van der Waals surface area contributed by atoms with Gasteiger partial charge in [-0.1, -0.05) is 18.2 Å². The number of aromatic nitrogens is 2. The minimum Gasteiger partial charge on any atom is -0.360 e. The lowest BCUT2D eigenvalue weighted by Crippen LogP contribution is -2.51. The number of piperazine rings is 1. The van der Waals surface area contributed by atoms with Crippen LogP contribution >= 0.6 is 0 Å². The summed E-state index contributed by atoms with van der Waals surface area (Å²) in [6.45, 7) is 2.30. The Balaban J connectivity index is 1.38. The van der Waals surface area contributed by atoms with E-state index in [1.54, 1.807) is 6.20 Å². The number of para-hydroxylation sites is 1. The molecule has 3 heterocycles. The zero-order valence-electron chi connectivity index (χ0n) is 14.8. The summed E-state index contributed by atoms with van der Waals surface area (Å²) in [7, 11) is 1.95. The molecule has 1 saturated heterocycles. The Kier molecular flexibility index (Phi) is 4.24. The standard InChI is InChI=1S/C20H22N4O2/c1-22-7-6-15(14-22)12-19(25)23-8-10-24(11-9-23)20(26)17-13-21-18-5-3-2-4-16(17)18/h2-7,13-14,21H,8-12H2,1H3. The van der Waals surface area contributed by atoms with Gasteiger partial charge in [-0.05, 0) is 17.7 Å². The third-order valence-electron chi connectivity index (χ3n) is 4.99. The van der Waals surface area contributed by atoms with E-state index in [0.29, 0.717) is 38.2 Å². The second-order valence-corrected chi connectivity index (χ2v) is 6.78. The number of nitrogens with zero attached hydrogens (tertiary/aromatic N) is 3. The van der Waals surface area contributed by atoms with Crippen LogP contribution in [0.3, 0.4) is 0 Å². The van der Waals surface area contributed by atoms with Crippen molar-refractivity contribution in [3.8, 4) is 0 Å². The summed E-state index contributed by atoms with van der Waals surface area (Å²) in [6.07, 6.45) is 6.10. The summed E-state index contributed by atoms with van der Waals surface area (Å²) in [5.41, 5.74) is 2.69. The van der Waals surface area contributed by atoms with Crippen LogP contribution in [0.4, 0.5) is 0 Å². The monoisotopic (exact) mass is 350 g/mol. The molecule has 3 aromatic rings. The predicted octanol–water partition coefficient (Wildman–Crippen LogP) is 2.03. The molecule has 2 amide bonds. The summed E-state index contributed by atoms with van der Waals surface area (Å²) in [4.78, 5) is 32.1. The second-order valence-electron chi connectivity index (χ2n) is 6.78. The molecule has 6 heteroatoms. The van der Waals surface area contributed by atoms with Crippen molar-refractivity contribution >= 4 is 22.7 Å². The van der Waals surface area contributed by atoms with Crippen LogP contribution in [0.1, 0.15) is 15.9 Å². The number of aryl methyl sites for hydroxylation is 1. The van der Waals surface area contributed by atoms with Gasteiger partial charge in [-0.3, -0.25) is 9.59 Å². The number of aromatic amines is 1. The lowest BCUT2D eigenvalue weighted by Gasteiger charge is -2.34. The minimum atomic E-state index is 0.0256. The smallest absolute Gasteiger partial charge is 0.256 e. The molecule has 4 rings (SSSR count). The summed E-state index contributed by atoms with van der Waals surface area (Å²) >= 11 is 0. The van der Waals surface area contributed by atoms with Gasteiger partial charge in [0.2, 0.25) is 5.91 Å². The molecule has 26 heavy (non-hydrogen) atoms. The van der Waals surface area contributed by atoms with E-state index in [-0.39, 0.29) is 11.8 Å². The number of carbonyl (C=O) groups is 2. The summed E-state index contributed by atoms with van der Waals surface area (Å²) in [5.74, 6) is 0.146. The number of benzene rings is 1. The van der Waals surface area contributed by atoms with Crippen LogP contribution in [0.5, 0.6) is 0 Å². The molecule has 2 aromatic heterocycles. The molecule has 0 aliphatic carbocycles. The highest BCUT2D eigenvalue weighted by Crippen LogP contribution is 2.20. The molecule has 0 spiro atoms. The molecule has 0 atom stereocenters. The predicted molar refractivity (Wildman–Crippen MR) is 99.9 cm³/mol. The fourth-order valence-corrected chi connectivity index (χ4v) is 3.53. The van der Waals surface area contributed by atoms with Gasteiger partial charge >= 0.3 is 0 Å². The van der Waals surface area contributed by atoms with Gasteiger partial charge in [0.1, 0.15) is 0 Å². The molecule has 1 aromatic carbocycles. The topological polar surface area (TPSA) is 61.3 Å². The van der Waals surface area contributed by atoms with E-state index in [2.05, 4.69) is 4.98 Å². The number of amides is 2. The molecule has 1 fully saturated rings. The molecule has 134 valence electrons. The maximum absolute atomic E-state index is 12.8.